The number of unbranched alkanes of at least 4 members (excludes halogenated alkanes) is 1. The van der Waals surface area contributed by atoms with Gasteiger partial charge in [0.25, 0.3) is 0 Å². The molecule has 1 aromatic heterocycles. The maximum Gasteiger partial charge on any atom is 0.328 e. The van der Waals surface area contributed by atoms with Gasteiger partial charge in [0.05, 0.1) is 19.4 Å². The highest BCUT2D eigenvalue weighted by atomic mass is 35.5. The molecule has 178 valence electrons. The van der Waals surface area contributed by atoms with Crippen LogP contribution in [0.15, 0.2) is 66.7 Å². The van der Waals surface area contributed by atoms with Gasteiger partial charge in [-0.05, 0) is 66.8 Å². The van der Waals surface area contributed by atoms with Gasteiger partial charge in [-0.3, -0.25) is 0 Å². The minimum Gasteiger partial charge on any atom is -0.497 e. The first-order valence-electron chi connectivity index (χ1n) is 11.0. The number of methoxy groups -OCH3 is 1. The monoisotopic (exact) mass is 497 g/mol. The van der Waals surface area contributed by atoms with Crippen LogP contribution in [0, 0.1) is 0 Å². The molecule has 34 heavy (non-hydrogen) atoms. The van der Waals surface area contributed by atoms with Crippen molar-refractivity contribution < 1.29 is 19.4 Å². The average molecular weight is 498 g/mol. The van der Waals surface area contributed by atoms with Crippen LogP contribution in [0.4, 0.5) is 0 Å². The number of ether oxygens (including phenoxy) is 2. The van der Waals surface area contributed by atoms with E-state index in [1.807, 2.05) is 48.5 Å². The van der Waals surface area contributed by atoms with Crippen molar-refractivity contribution in [2.75, 3.05) is 13.7 Å². The minimum atomic E-state index is -1.02. The number of carboxylic acids is 1. The Labute approximate surface area is 209 Å². The third kappa shape index (κ3) is 8.43. The van der Waals surface area contributed by atoms with Crippen LogP contribution < -0.4 is 9.47 Å². The zero-order valence-corrected chi connectivity index (χ0v) is 20.6. The molecule has 0 saturated carbocycles. The van der Waals surface area contributed by atoms with Crippen LogP contribution in [-0.2, 0) is 22.7 Å². The molecule has 0 saturated heterocycles. The van der Waals surface area contributed by atoms with Gasteiger partial charge in [-0.2, -0.15) is 11.8 Å². The first-order valence-corrected chi connectivity index (χ1v) is 12.6. The molecular formula is C27H28ClNO4S. The zero-order valence-electron chi connectivity index (χ0n) is 19.1. The lowest BCUT2D eigenvalue weighted by Gasteiger charge is -2.11. The van der Waals surface area contributed by atoms with E-state index in [0.717, 1.165) is 53.1 Å². The highest BCUT2D eigenvalue weighted by Crippen LogP contribution is 2.25. The number of halogens is 1. The van der Waals surface area contributed by atoms with E-state index in [-0.39, 0.29) is 0 Å². The van der Waals surface area contributed by atoms with E-state index in [1.54, 1.807) is 18.9 Å². The van der Waals surface area contributed by atoms with Gasteiger partial charge < -0.3 is 14.6 Å². The van der Waals surface area contributed by atoms with E-state index in [9.17, 15) is 4.79 Å². The third-order valence-corrected chi connectivity index (χ3v) is 6.45. The summed E-state index contributed by atoms with van der Waals surface area (Å²) in [5.41, 5.74) is 3.71. The molecule has 5 nitrogen and oxygen atoms in total. The summed E-state index contributed by atoms with van der Waals surface area (Å²) in [6.45, 7) is 0.534. The Bertz CT molecular complexity index is 1100. The predicted octanol–water partition coefficient (Wildman–Crippen LogP) is 6.68. The summed E-state index contributed by atoms with van der Waals surface area (Å²) >= 11 is 7.93. The molecule has 1 N–H and O–H groups in total. The number of hydrogen-bond acceptors (Lipinski definition) is 5. The topological polar surface area (TPSA) is 68.7 Å². The van der Waals surface area contributed by atoms with Gasteiger partial charge in [-0.25, -0.2) is 9.78 Å². The third-order valence-electron chi connectivity index (χ3n) is 5.07. The number of rotatable bonds is 13. The molecule has 3 aromatic rings. The van der Waals surface area contributed by atoms with Crippen molar-refractivity contribution in [3.05, 3.63) is 94.3 Å². The van der Waals surface area contributed by atoms with Crippen LogP contribution in [0.2, 0.25) is 5.02 Å². The summed E-state index contributed by atoms with van der Waals surface area (Å²) in [7, 11) is 1.66. The molecule has 7 heteroatoms. The lowest BCUT2D eigenvalue weighted by molar-refractivity contribution is -0.131. The molecule has 0 unspecified atom stereocenters. The molecule has 2 aromatic carbocycles. The second-order valence-corrected chi connectivity index (χ2v) is 8.99. The van der Waals surface area contributed by atoms with Crippen molar-refractivity contribution in [3.8, 4) is 11.5 Å². The number of nitrogens with zero attached hydrogens (tertiary/aromatic N) is 1. The van der Waals surface area contributed by atoms with Crippen LogP contribution in [0.5, 0.6) is 11.5 Å². The van der Waals surface area contributed by atoms with Gasteiger partial charge >= 0.3 is 5.97 Å². The van der Waals surface area contributed by atoms with Crippen molar-refractivity contribution in [3.63, 3.8) is 0 Å². The zero-order chi connectivity index (χ0) is 24.2. The molecule has 0 spiro atoms. The summed E-state index contributed by atoms with van der Waals surface area (Å²) in [5, 5.41) is 9.79. The number of hydrogen-bond donors (Lipinski definition) is 1. The molecule has 0 amide bonds. The van der Waals surface area contributed by atoms with Crippen molar-refractivity contribution in [2.24, 2.45) is 0 Å². The van der Waals surface area contributed by atoms with E-state index in [2.05, 4.69) is 17.1 Å². The normalized spacial score (nSPS) is 11.0. The Morgan fingerprint density at radius 1 is 1.06 bits per heavy atom. The van der Waals surface area contributed by atoms with Crippen LogP contribution in [0.1, 0.15) is 35.4 Å². The molecule has 0 aliphatic carbocycles. The Kier molecular flexibility index (Phi) is 10.3. The minimum absolute atomic E-state index is 0.522. The summed E-state index contributed by atoms with van der Waals surface area (Å²) in [5.74, 6) is 1.87. The fraction of sp³-hybridized carbons (Fsp3) is 0.259. The number of aromatic nitrogens is 1. The van der Waals surface area contributed by atoms with Crippen LogP contribution in [0.25, 0.3) is 6.08 Å². The van der Waals surface area contributed by atoms with Crippen molar-refractivity contribution >= 4 is 35.4 Å². The maximum atomic E-state index is 11.0. The molecule has 0 fully saturated rings. The van der Waals surface area contributed by atoms with Crippen LogP contribution in [0.3, 0.4) is 0 Å². The number of aryl methyl sites for hydroxylation is 1. The van der Waals surface area contributed by atoms with E-state index in [4.69, 9.17) is 26.2 Å². The Hall–Kier alpha value is -2.96. The van der Waals surface area contributed by atoms with Gasteiger partial charge in [-0.15, -0.1) is 0 Å². The van der Waals surface area contributed by atoms with Crippen molar-refractivity contribution in [1.29, 1.82) is 0 Å². The SMILES string of the molecule is COc1ccc(CCCCOc2ccc(CSCc3ccccc3Cl)nc2/C=C/C(=O)O)cc1. The van der Waals surface area contributed by atoms with Gasteiger partial charge in [0.15, 0.2) is 0 Å². The van der Waals surface area contributed by atoms with Crippen molar-refractivity contribution in [2.45, 2.75) is 30.8 Å². The smallest absolute Gasteiger partial charge is 0.328 e. The molecule has 0 aliphatic rings. The van der Waals surface area contributed by atoms with Gasteiger partial charge in [0.1, 0.15) is 17.2 Å². The number of pyridine rings is 1. The Morgan fingerprint density at radius 2 is 1.85 bits per heavy atom. The molecule has 0 bridgehead atoms. The van der Waals surface area contributed by atoms with E-state index < -0.39 is 5.97 Å². The van der Waals surface area contributed by atoms with E-state index in [0.29, 0.717) is 23.8 Å². The fourth-order valence-corrected chi connectivity index (χ4v) is 4.49. The molecular weight excluding hydrogens is 470 g/mol. The number of benzene rings is 2. The molecule has 0 atom stereocenters. The quantitative estimate of drug-likeness (QED) is 0.210. The summed E-state index contributed by atoms with van der Waals surface area (Å²) in [4.78, 5) is 15.6. The Balaban J connectivity index is 1.53. The van der Waals surface area contributed by atoms with E-state index in [1.165, 1.54) is 11.6 Å². The largest absolute Gasteiger partial charge is 0.497 e. The molecule has 0 aliphatic heterocycles. The molecule has 0 radical (unpaired) electrons. The summed E-state index contributed by atoms with van der Waals surface area (Å²) < 4.78 is 11.1. The van der Waals surface area contributed by atoms with E-state index >= 15 is 0 Å². The van der Waals surface area contributed by atoms with Crippen molar-refractivity contribution in [1.82, 2.24) is 4.98 Å². The number of carbonyl (C=O) groups is 1. The number of thioether (sulfide) groups is 1. The highest BCUT2D eigenvalue weighted by Gasteiger charge is 2.07. The van der Waals surface area contributed by atoms with Gasteiger partial charge in [0.2, 0.25) is 0 Å². The lowest BCUT2D eigenvalue weighted by atomic mass is 10.1. The second-order valence-electron chi connectivity index (χ2n) is 7.60. The van der Waals surface area contributed by atoms with Gasteiger partial charge in [-0.1, -0.05) is 41.9 Å². The Morgan fingerprint density at radius 3 is 2.59 bits per heavy atom. The van der Waals surface area contributed by atoms with Crippen LogP contribution in [-0.4, -0.2) is 29.8 Å². The molecule has 3 rings (SSSR count). The van der Waals surface area contributed by atoms with Crippen LogP contribution >= 0.6 is 23.4 Å². The number of carboxylic acid groups (broad SMARTS) is 1. The second kappa shape index (κ2) is 13.7. The first kappa shape index (κ1) is 25.7. The average Bonchev–Trinajstić information content (AvgIpc) is 2.85. The first-order chi connectivity index (χ1) is 16.5. The highest BCUT2D eigenvalue weighted by molar-refractivity contribution is 7.97. The summed E-state index contributed by atoms with van der Waals surface area (Å²) in [6, 6.07) is 19.6. The standard InChI is InChI=1S/C27H28ClNO4S/c1-32-23-12-9-20(10-13-23)6-4-5-17-33-26-15-11-22(29-25(26)14-16-27(30)31)19-34-18-21-7-2-3-8-24(21)28/h2-3,7-16H,4-6,17-19H2,1H3,(H,30,31)/b16-14+. The fourth-order valence-electron chi connectivity index (χ4n) is 3.26. The lowest BCUT2D eigenvalue weighted by Crippen LogP contribution is -2.02. The maximum absolute atomic E-state index is 11.0. The number of aliphatic carboxylic acids is 1. The van der Waals surface area contributed by atoms with Gasteiger partial charge in [0, 0.05) is 22.6 Å². The predicted molar refractivity (Wildman–Crippen MR) is 139 cm³/mol. The molecule has 1 heterocycles. The summed E-state index contributed by atoms with van der Waals surface area (Å²) in [6.07, 6.45) is 5.39.